The number of nitrogens with zero attached hydrogens (tertiary/aromatic N) is 6. The van der Waals surface area contributed by atoms with Crippen LogP contribution in [-0.4, -0.2) is 71.6 Å². The standard InChI is InChI=1S/C33H33N7O.C2HF3O2/c1-41-31-13-6-5-10-28(31)38-16-18-39(19-17-38)29-11-7-12-30-32(29)37-33(27-20-26(21-34)23-36-24-27)40(30)15-14-35-22-25-8-3-2-4-9-25;3-2(4,5)1(6)7/h2-13,20,23-24,35H,14-19,22H2,1H3;(H,6,7). The van der Waals surface area contributed by atoms with E-state index in [2.05, 4.69) is 85.3 Å². The van der Waals surface area contributed by atoms with Crippen LogP contribution in [0, 0.1) is 11.3 Å². The number of fused-ring (bicyclic) bond motifs is 1. The van der Waals surface area contributed by atoms with Gasteiger partial charge in [0.1, 0.15) is 23.2 Å². The van der Waals surface area contributed by atoms with Gasteiger partial charge < -0.3 is 29.5 Å². The molecule has 0 atom stereocenters. The van der Waals surface area contributed by atoms with E-state index in [-0.39, 0.29) is 0 Å². The number of carbonyl (C=O) groups is 1. The minimum atomic E-state index is -5.08. The second-order valence-corrected chi connectivity index (χ2v) is 10.9. The Labute approximate surface area is 275 Å². The molecule has 48 heavy (non-hydrogen) atoms. The van der Waals surface area contributed by atoms with Crippen LogP contribution in [0.25, 0.3) is 22.4 Å². The fraction of sp³-hybridized carbons (Fsp3) is 0.257. The largest absolute Gasteiger partial charge is 0.495 e. The first-order chi connectivity index (χ1) is 23.2. The van der Waals surface area contributed by atoms with Gasteiger partial charge in [0, 0.05) is 63.8 Å². The van der Waals surface area contributed by atoms with Crippen molar-refractivity contribution in [3.05, 3.63) is 102 Å². The Morgan fingerprint density at radius 3 is 2.27 bits per heavy atom. The number of nitrogens with one attached hydrogen (secondary N) is 1. The number of piperazine rings is 1. The monoisotopic (exact) mass is 657 g/mol. The maximum absolute atomic E-state index is 10.6. The zero-order valence-electron chi connectivity index (χ0n) is 26.2. The lowest BCUT2D eigenvalue weighted by molar-refractivity contribution is -0.192. The van der Waals surface area contributed by atoms with Gasteiger partial charge in [-0.05, 0) is 35.9 Å². The zero-order valence-corrected chi connectivity index (χ0v) is 26.2. The Morgan fingerprint density at radius 1 is 0.958 bits per heavy atom. The van der Waals surface area contributed by atoms with Gasteiger partial charge in [-0.15, -0.1) is 0 Å². The Hall–Kier alpha value is -5.61. The fourth-order valence-electron chi connectivity index (χ4n) is 5.56. The maximum Gasteiger partial charge on any atom is 0.490 e. The number of ether oxygens (including phenoxy) is 1. The zero-order chi connectivity index (χ0) is 34.1. The highest BCUT2D eigenvalue weighted by Crippen LogP contribution is 2.34. The van der Waals surface area contributed by atoms with Crippen LogP contribution >= 0.6 is 0 Å². The minimum Gasteiger partial charge on any atom is -0.495 e. The summed E-state index contributed by atoms with van der Waals surface area (Å²) < 4.78 is 39.6. The molecule has 6 rings (SSSR count). The van der Waals surface area contributed by atoms with Crippen LogP contribution < -0.4 is 19.9 Å². The Kier molecular flexibility index (Phi) is 10.8. The molecule has 0 radical (unpaired) electrons. The van der Waals surface area contributed by atoms with Gasteiger partial charge in [0.05, 0.1) is 29.6 Å². The van der Waals surface area contributed by atoms with Gasteiger partial charge in [0.15, 0.2) is 0 Å². The summed E-state index contributed by atoms with van der Waals surface area (Å²) in [5, 5.41) is 20.2. The topological polar surface area (TPSA) is 120 Å². The molecule has 0 bridgehead atoms. The number of aliphatic carboxylic acids is 1. The van der Waals surface area contributed by atoms with Crippen molar-refractivity contribution in [1.29, 1.82) is 5.26 Å². The third kappa shape index (κ3) is 8.02. The molecule has 13 heteroatoms. The average molecular weight is 658 g/mol. The number of aromatic nitrogens is 3. The lowest BCUT2D eigenvalue weighted by Crippen LogP contribution is -2.46. The van der Waals surface area contributed by atoms with Gasteiger partial charge in [0.25, 0.3) is 0 Å². The van der Waals surface area contributed by atoms with Crippen molar-refractivity contribution in [3.8, 4) is 23.2 Å². The van der Waals surface area contributed by atoms with Gasteiger partial charge in [-0.1, -0.05) is 48.5 Å². The second-order valence-electron chi connectivity index (χ2n) is 10.9. The highest BCUT2D eigenvalue weighted by Gasteiger charge is 2.38. The summed E-state index contributed by atoms with van der Waals surface area (Å²) in [6.07, 6.45) is -1.70. The molecule has 1 aliphatic heterocycles. The van der Waals surface area contributed by atoms with Crippen LogP contribution in [0.2, 0.25) is 0 Å². The first kappa shape index (κ1) is 33.7. The molecule has 0 unspecified atom stereocenters. The Bertz CT molecular complexity index is 1880. The highest BCUT2D eigenvalue weighted by atomic mass is 19.4. The first-order valence-corrected chi connectivity index (χ1v) is 15.2. The van der Waals surface area contributed by atoms with Crippen LogP contribution in [0.3, 0.4) is 0 Å². The summed E-state index contributed by atoms with van der Waals surface area (Å²) in [4.78, 5) is 23.2. The number of hydrogen-bond acceptors (Lipinski definition) is 8. The van der Waals surface area contributed by atoms with Crippen molar-refractivity contribution < 1.29 is 27.8 Å². The number of methoxy groups -OCH3 is 1. The van der Waals surface area contributed by atoms with Crippen LogP contribution in [0.4, 0.5) is 24.5 Å². The summed E-state index contributed by atoms with van der Waals surface area (Å²) >= 11 is 0. The molecule has 3 heterocycles. The second kappa shape index (κ2) is 15.3. The Morgan fingerprint density at radius 2 is 1.60 bits per heavy atom. The Balaban J connectivity index is 0.000000582. The number of alkyl halides is 3. The van der Waals surface area contributed by atoms with Crippen molar-refractivity contribution in [2.45, 2.75) is 19.3 Å². The third-order valence-corrected chi connectivity index (χ3v) is 7.86. The third-order valence-electron chi connectivity index (χ3n) is 7.86. The van der Waals surface area contributed by atoms with Crippen LogP contribution in [0.1, 0.15) is 11.1 Å². The summed E-state index contributed by atoms with van der Waals surface area (Å²) in [7, 11) is 1.72. The van der Waals surface area contributed by atoms with E-state index < -0.39 is 12.1 Å². The summed E-state index contributed by atoms with van der Waals surface area (Å²) in [6, 6.07) is 29.1. The number of halogens is 3. The summed E-state index contributed by atoms with van der Waals surface area (Å²) in [5.74, 6) is -1.03. The number of para-hydroxylation sites is 3. The first-order valence-electron chi connectivity index (χ1n) is 15.2. The van der Waals surface area contributed by atoms with E-state index in [1.807, 2.05) is 24.3 Å². The normalized spacial score (nSPS) is 13.1. The smallest absolute Gasteiger partial charge is 0.490 e. The maximum atomic E-state index is 10.6. The number of rotatable bonds is 9. The lowest BCUT2D eigenvalue weighted by Gasteiger charge is -2.37. The van der Waals surface area contributed by atoms with Crippen molar-refractivity contribution in [2.75, 3.05) is 49.6 Å². The van der Waals surface area contributed by atoms with Gasteiger partial charge in [-0.2, -0.15) is 18.4 Å². The number of hydrogen-bond donors (Lipinski definition) is 2. The molecule has 2 N–H and O–H groups in total. The number of nitriles is 1. The van der Waals surface area contributed by atoms with Crippen molar-refractivity contribution in [1.82, 2.24) is 19.9 Å². The molecule has 3 aromatic carbocycles. The minimum absolute atomic E-state index is 0.524. The average Bonchev–Trinajstić information content (AvgIpc) is 3.49. The van der Waals surface area contributed by atoms with E-state index in [1.54, 1.807) is 19.5 Å². The number of pyridine rings is 1. The van der Waals surface area contributed by atoms with Crippen molar-refractivity contribution in [3.63, 3.8) is 0 Å². The van der Waals surface area contributed by atoms with Gasteiger partial charge in [0.2, 0.25) is 0 Å². The van der Waals surface area contributed by atoms with Crippen molar-refractivity contribution in [2.24, 2.45) is 0 Å². The quantitative estimate of drug-likeness (QED) is 0.192. The van der Waals surface area contributed by atoms with E-state index in [0.717, 1.165) is 85.4 Å². The fourth-order valence-corrected chi connectivity index (χ4v) is 5.56. The molecule has 0 saturated carbocycles. The van der Waals surface area contributed by atoms with E-state index in [1.165, 1.54) is 5.56 Å². The number of anilines is 2. The van der Waals surface area contributed by atoms with Crippen LogP contribution in [0.5, 0.6) is 5.75 Å². The number of carboxylic acid groups (broad SMARTS) is 1. The van der Waals surface area contributed by atoms with Gasteiger partial charge in [-0.3, -0.25) is 4.98 Å². The van der Waals surface area contributed by atoms with E-state index >= 15 is 0 Å². The van der Waals surface area contributed by atoms with E-state index in [0.29, 0.717) is 5.56 Å². The molecule has 10 nitrogen and oxygen atoms in total. The van der Waals surface area contributed by atoms with Crippen LogP contribution in [0.15, 0.2) is 91.3 Å². The molecule has 0 spiro atoms. The molecular weight excluding hydrogens is 623 g/mol. The number of benzene rings is 3. The lowest BCUT2D eigenvalue weighted by atomic mass is 10.2. The molecule has 5 aromatic rings. The molecule has 0 aliphatic carbocycles. The SMILES string of the molecule is COc1ccccc1N1CCN(c2cccc3c2nc(-c2cncc(C#N)c2)n3CCNCc2ccccc2)CC1.O=C(O)C(F)(F)F. The molecule has 248 valence electrons. The highest BCUT2D eigenvalue weighted by molar-refractivity contribution is 5.92. The predicted molar refractivity (Wildman–Crippen MR) is 177 cm³/mol. The summed E-state index contributed by atoms with van der Waals surface area (Å²) in [6.45, 7) is 5.85. The predicted octanol–water partition coefficient (Wildman–Crippen LogP) is 5.73. The number of carboxylic acids is 1. The molecule has 1 aliphatic rings. The number of imidazole rings is 1. The molecule has 1 saturated heterocycles. The van der Waals surface area contributed by atoms with Gasteiger partial charge in [-0.25, -0.2) is 9.78 Å². The molecular formula is C35H34F3N7O3. The molecule has 0 amide bonds. The van der Waals surface area contributed by atoms with Crippen molar-refractivity contribution >= 4 is 28.4 Å². The molecule has 2 aromatic heterocycles. The van der Waals surface area contributed by atoms with Gasteiger partial charge >= 0.3 is 12.1 Å². The molecule has 1 fully saturated rings. The van der Waals surface area contributed by atoms with E-state index in [4.69, 9.17) is 19.6 Å². The summed E-state index contributed by atoms with van der Waals surface area (Å²) in [5.41, 5.74) is 6.93. The van der Waals surface area contributed by atoms with Crippen LogP contribution in [-0.2, 0) is 17.9 Å². The van der Waals surface area contributed by atoms with E-state index in [9.17, 15) is 18.4 Å².